The molecule has 0 N–H and O–H groups in total. The van der Waals surface area contributed by atoms with Crippen molar-refractivity contribution < 1.29 is 9.53 Å². The first-order valence-corrected chi connectivity index (χ1v) is 7.16. The molecule has 1 fully saturated rings. The summed E-state index contributed by atoms with van der Waals surface area (Å²) in [6, 6.07) is 10.1. The molecular formula is C17H22O2. The van der Waals surface area contributed by atoms with E-state index in [2.05, 4.69) is 18.2 Å². The summed E-state index contributed by atoms with van der Waals surface area (Å²) in [4.78, 5) is 11.3. The van der Waals surface area contributed by atoms with Crippen LogP contribution in [0.3, 0.4) is 0 Å². The van der Waals surface area contributed by atoms with Crippen molar-refractivity contribution in [2.45, 2.75) is 45.1 Å². The van der Waals surface area contributed by atoms with E-state index >= 15 is 0 Å². The van der Waals surface area contributed by atoms with Crippen LogP contribution in [0.2, 0.25) is 0 Å². The van der Waals surface area contributed by atoms with Gasteiger partial charge in [-0.1, -0.05) is 55.7 Å². The third-order valence-electron chi connectivity index (χ3n) is 3.69. The van der Waals surface area contributed by atoms with E-state index in [0.717, 1.165) is 18.4 Å². The van der Waals surface area contributed by atoms with Crippen molar-refractivity contribution in [3.63, 3.8) is 0 Å². The van der Waals surface area contributed by atoms with E-state index in [-0.39, 0.29) is 12.1 Å². The molecular weight excluding hydrogens is 236 g/mol. The van der Waals surface area contributed by atoms with Crippen LogP contribution in [0, 0.1) is 5.92 Å². The van der Waals surface area contributed by atoms with Crippen LogP contribution in [-0.4, -0.2) is 12.1 Å². The van der Waals surface area contributed by atoms with Crippen LogP contribution in [0.1, 0.15) is 44.6 Å². The number of hydrogen-bond donors (Lipinski definition) is 0. The molecule has 1 aromatic carbocycles. The van der Waals surface area contributed by atoms with E-state index in [1.807, 2.05) is 24.3 Å². The van der Waals surface area contributed by atoms with Gasteiger partial charge in [0.15, 0.2) is 0 Å². The van der Waals surface area contributed by atoms with Crippen LogP contribution in [0.15, 0.2) is 36.4 Å². The Bertz CT molecular complexity index is 416. The minimum absolute atomic E-state index is 0.0713. The van der Waals surface area contributed by atoms with E-state index in [0.29, 0.717) is 5.92 Å². The minimum atomic E-state index is -0.187. The fraction of sp³-hybridized carbons (Fsp3) is 0.471. The molecule has 0 unspecified atom stereocenters. The van der Waals surface area contributed by atoms with Crippen molar-refractivity contribution in [3.05, 3.63) is 42.0 Å². The number of rotatable bonds is 4. The second-order valence-corrected chi connectivity index (χ2v) is 5.24. The molecule has 2 nitrogen and oxygen atoms in total. The van der Waals surface area contributed by atoms with Gasteiger partial charge in [0, 0.05) is 6.92 Å². The highest BCUT2D eigenvalue weighted by Gasteiger charge is 2.23. The number of ether oxygens (including phenoxy) is 1. The molecule has 1 aliphatic rings. The molecule has 0 saturated heterocycles. The lowest BCUT2D eigenvalue weighted by atomic mass is 9.85. The van der Waals surface area contributed by atoms with Crippen LogP contribution in [0.5, 0.6) is 0 Å². The summed E-state index contributed by atoms with van der Waals surface area (Å²) in [7, 11) is 0. The zero-order chi connectivity index (χ0) is 13.5. The SMILES string of the molecule is CC(=O)O[C@H](/C=C/c1ccccc1)C1CCCCC1. The van der Waals surface area contributed by atoms with Gasteiger partial charge in [0.05, 0.1) is 0 Å². The van der Waals surface area contributed by atoms with Crippen molar-refractivity contribution in [1.82, 2.24) is 0 Å². The number of esters is 1. The zero-order valence-corrected chi connectivity index (χ0v) is 11.5. The molecule has 0 radical (unpaired) electrons. The Morgan fingerprint density at radius 1 is 1.21 bits per heavy atom. The minimum Gasteiger partial charge on any atom is -0.458 e. The van der Waals surface area contributed by atoms with E-state index in [1.54, 1.807) is 0 Å². The normalized spacial score (nSPS) is 18.4. The molecule has 0 heterocycles. The highest BCUT2D eigenvalue weighted by Crippen LogP contribution is 2.29. The zero-order valence-electron chi connectivity index (χ0n) is 11.5. The van der Waals surface area contributed by atoms with Crippen LogP contribution >= 0.6 is 0 Å². The Labute approximate surface area is 115 Å². The molecule has 1 saturated carbocycles. The highest BCUT2D eigenvalue weighted by atomic mass is 16.5. The average Bonchev–Trinajstić information content (AvgIpc) is 2.45. The quantitative estimate of drug-likeness (QED) is 0.756. The van der Waals surface area contributed by atoms with Crippen molar-refractivity contribution in [1.29, 1.82) is 0 Å². The molecule has 0 amide bonds. The highest BCUT2D eigenvalue weighted by molar-refractivity contribution is 5.66. The van der Waals surface area contributed by atoms with Gasteiger partial charge in [0.25, 0.3) is 0 Å². The first-order valence-electron chi connectivity index (χ1n) is 7.16. The van der Waals surface area contributed by atoms with Gasteiger partial charge in [0.2, 0.25) is 0 Å². The summed E-state index contributed by atoms with van der Waals surface area (Å²) < 4.78 is 5.49. The molecule has 0 spiro atoms. The molecule has 2 rings (SSSR count). The van der Waals surface area contributed by atoms with Crippen molar-refractivity contribution >= 4 is 12.0 Å². The summed E-state index contributed by atoms with van der Waals surface area (Å²) in [5.74, 6) is 0.297. The van der Waals surface area contributed by atoms with E-state index in [9.17, 15) is 4.79 Å². The summed E-state index contributed by atoms with van der Waals surface area (Å²) in [5.41, 5.74) is 1.15. The summed E-state index contributed by atoms with van der Waals surface area (Å²) >= 11 is 0. The van der Waals surface area contributed by atoms with E-state index in [4.69, 9.17) is 4.74 Å². The van der Waals surface area contributed by atoms with Crippen LogP contribution in [0.25, 0.3) is 6.08 Å². The molecule has 0 aliphatic heterocycles. The van der Waals surface area contributed by atoms with Crippen LogP contribution in [0.4, 0.5) is 0 Å². The van der Waals surface area contributed by atoms with E-state index in [1.165, 1.54) is 26.2 Å². The molecule has 19 heavy (non-hydrogen) atoms. The van der Waals surface area contributed by atoms with Crippen LogP contribution in [-0.2, 0) is 9.53 Å². The van der Waals surface area contributed by atoms with Gasteiger partial charge in [-0.25, -0.2) is 0 Å². The third-order valence-corrected chi connectivity index (χ3v) is 3.69. The maximum absolute atomic E-state index is 11.3. The van der Waals surface area contributed by atoms with Gasteiger partial charge in [0.1, 0.15) is 6.10 Å². The molecule has 0 aromatic heterocycles. The summed E-state index contributed by atoms with van der Waals surface area (Å²) in [6.45, 7) is 1.49. The first-order chi connectivity index (χ1) is 9.25. The maximum atomic E-state index is 11.3. The predicted octanol–water partition coefficient (Wildman–Crippen LogP) is 4.21. The summed E-state index contributed by atoms with van der Waals surface area (Å²) in [5, 5.41) is 0. The standard InChI is InChI=1S/C17H22O2/c1-14(18)19-17(16-10-6-3-7-11-16)13-12-15-8-4-2-5-9-15/h2,4-5,8-9,12-13,16-17H,3,6-7,10-11H2,1H3/b13-12+/t17-/m1/s1. The maximum Gasteiger partial charge on any atom is 0.303 e. The molecule has 1 aromatic rings. The van der Waals surface area contributed by atoms with Crippen LogP contribution < -0.4 is 0 Å². The number of benzene rings is 1. The van der Waals surface area contributed by atoms with Crippen molar-refractivity contribution in [2.75, 3.05) is 0 Å². The number of carbonyl (C=O) groups is 1. The lowest BCUT2D eigenvalue weighted by Crippen LogP contribution is -2.26. The Morgan fingerprint density at radius 2 is 1.89 bits per heavy atom. The van der Waals surface area contributed by atoms with Gasteiger partial charge in [-0.05, 0) is 30.4 Å². The third kappa shape index (κ3) is 4.55. The number of carbonyl (C=O) groups excluding carboxylic acids is 1. The molecule has 0 bridgehead atoms. The molecule has 1 atom stereocenters. The fourth-order valence-electron chi connectivity index (χ4n) is 2.72. The number of hydrogen-bond acceptors (Lipinski definition) is 2. The topological polar surface area (TPSA) is 26.3 Å². The van der Waals surface area contributed by atoms with Gasteiger partial charge in [-0.2, -0.15) is 0 Å². The molecule has 1 aliphatic carbocycles. The monoisotopic (exact) mass is 258 g/mol. The second-order valence-electron chi connectivity index (χ2n) is 5.24. The molecule has 2 heteroatoms. The van der Waals surface area contributed by atoms with Gasteiger partial charge >= 0.3 is 5.97 Å². The molecule has 102 valence electrons. The van der Waals surface area contributed by atoms with Gasteiger partial charge < -0.3 is 4.74 Å². The van der Waals surface area contributed by atoms with Gasteiger partial charge in [-0.15, -0.1) is 0 Å². The smallest absolute Gasteiger partial charge is 0.303 e. The van der Waals surface area contributed by atoms with Crippen molar-refractivity contribution in [3.8, 4) is 0 Å². The van der Waals surface area contributed by atoms with Crippen molar-refractivity contribution in [2.24, 2.45) is 5.92 Å². The Kier molecular flexibility index (Phi) is 5.20. The predicted molar refractivity (Wildman–Crippen MR) is 77.6 cm³/mol. The fourth-order valence-corrected chi connectivity index (χ4v) is 2.72. The Balaban J connectivity index is 2.04. The second kappa shape index (κ2) is 7.13. The lowest BCUT2D eigenvalue weighted by Gasteiger charge is -2.27. The first kappa shape index (κ1) is 13.9. The van der Waals surface area contributed by atoms with E-state index < -0.39 is 0 Å². The Hall–Kier alpha value is -1.57. The lowest BCUT2D eigenvalue weighted by molar-refractivity contribution is -0.146. The average molecular weight is 258 g/mol. The van der Waals surface area contributed by atoms with Gasteiger partial charge in [-0.3, -0.25) is 4.79 Å². The Morgan fingerprint density at radius 3 is 2.53 bits per heavy atom. The summed E-state index contributed by atoms with van der Waals surface area (Å²) in [6.07, 6.45) is 10.2. The largest absolute Gasteiger partial charge is 0.458 e.